The van der Waals surface area contributed by atoms with Crippen molar-refractivity contribution in [3.63, 3.8) is 0 Å². The molecule has 0 unspecified atom stereocenters. The minimum atomic E-state index is -1.28. The van der Waals surface area contributed by atoms with Crippen LogP contribution in [0.15, 0.2) is 285 Å². The van der Waals surface area contributed by atoms with Gasteiger partial charge < -0.3 is 14.9 Å². The van der Waals surface area contributed by atoms with Crippen molar-refractivity contribution in [1.82, 2.24) is 0 Å². The number of benzene rings is 10. The van der Waals surface area contributed by atoms with Crippen molar-refractivity contribution in [2.24, 2.45) is 0 Å². The summed E-state index contributed by atoms with van der Waals surface area (Å²) in [4.78, 5) is 19.9. The second kappa shape index (κ2) is 21.0. The zero-order chi connectivity index (χ0) is 48.4. The summed E-state index contributed by atoms with van der Waals surface area (Å²) in [5.74, 6) is -1.28. The summed E-state index contributed by atoms with van der Waals surface area (Å²) >= 11 is 0. The maximum absolute atomic E-state index is 12.1. The van der Waals surface area contributed by atoms with Crippen LogP contribution < -0.4 is 9.80 Å². The lowest BCUT2D eigenvalue weighted by Gasteiger charge is -2.27. The summed E-state index contributed by atoms with van der Waals surface area (Å²) in [5.41, 5.74) is 17.1. The van der Waals surface area contributed by atoms with Crippen molar-refractivity contribution in [3.05, 3.63) is 307 Å². The fourth-order valence-electron chi connectivity index (χ4n) is 8.89. The molecule has 0 aromatic heterocycles. The van der Waals surface area contributed by atoms with Crippen LogP contribution in [0.4, 0.5) is 34.1 Å². The van der Waals surface area contributed by atoms with Crippen molar-refractivity contribution in [2.75, 3.05) is 9.80 Å². The summed E-state index contributed by atoms with van der Waals surface area (Å²) in [7, 11) is 0. The Balaban J connectivity index is 1.02. The summed E-state index contributed by atoms with van der Waals surface area (Å²) in [6.45, 7) is 7.61. The number of carboxylic acid groups (broad SMARTS) is 1. The van der Waals surface area contributed by atoms with E-state index >= 15 is 0 Å². The topological polar surface area (TPSA) is 48.1 Å². The highest BCUT2D eigenvalue weighted by Gasteiger charge is 2.18. The summed E-state index contributed by atoms with van der Waals surface area (Å²) in [6, 6.07) is 92.4. The first-order chi connectivity index (χ1) is 35.0. The first kappa shape index (κ1) is 45.0. The summed E-state index contributed by atoms with van der Waals surface area (Å²) in [5, 5.41) is 9.86. The highest BCUT2D eigenvalue weighted by molar-refractivity contribution is 5.91. The van der Waals surface area contributed by atoms with E-state index in [9.17, 15) is 9.90 Å². The molecule has 10 aromatic rings. The highest BCUT2D eigenvalue weighted by Crippen LogP contribution is 2.40. The fraction of sp³-hybridized carbons (Fsp3) is 0. The number of aliphatic carboxylic acids is 1. The van der Waals surface area contributed by atoms with E-state index in [4.69, 9.17) is 6.57 Å². The average molecular weight is 914 g/mol. The SMILES string of the molecule is [C-]#[N+]/C(=C\C=C(c1ccc(N(c2ccc(-c3ccccc3)cc2)c2ccc(-c3ccccc3)cc2)cc1)c1ccc(N(c2ccc(-c3ccccc3)cc2)c2ccc(-c3ccccc3)cc2)cc1)C(=O)O. The van der Waals surface area contributed by atoms with Crippen LogP contribution in [0.2, 0.25) is 0 Å². The van der Waals surface area contributed by atoms with Gasteiger partial charge in [-0.3, -0.25) is 4.79 Å². The minimum absolute atomic E-state index is 0.371. The molecule has 0 radical (unpaired) electrons. The second-order valence-electron chi connectivity index (χ2n) is 17.0. The van der Waals surface area contributed by atoms with Gasteiger partial charge in [0.05, 0.1) is 6.57 Å². The highest BCUT2D eigenvalue weighted by atomic mass is 16.4. The first-order valence-corrected chi connectivity index (χ1v) is 23.4. The lowest BCUT2D eigenvalue weighted by atomic mass is 9.96. The van der Waals surface area contributed by atoms with E-state index in [1.54, 1.807) is 6.08 Å². The van der Waals surface area contributed by atoms with E-state index in [0.717, 1.165) is 95.3 Å². The molecule has 0 heterocycles. The van der Waals surface area contributed by atoms with Crippen LogP contribution in [0.3, 0.4) is 0 Å². The molecule has 0 aliphatic carbocycles. The maximum atomic E-state index is 12.1. The molecule has 0 bridgehead atoms. The minimum Gasteiger partial charge on any atom is -0.486 e. The smallest absolute Gasteiger partial charge is 0.333 e. The predicted molar refractivity (Wildman–Crippen MR) is 293 cm³/mol. The van der Waals surface area contributed by atoms with E-state index in [1.165, 1.54) is 6.08 Å². The Labute approximate surface area is 415 Å². The Morgan fingerprint density at radius 3 is 0.775 bits per heavy atom. The normalized spacial score (nSPS) is 11.0. The van der Waals surface area contributed by atoms with Gasteiger partial charge in [0.2, 0.25) is 0 Å². The number of allylic oxidation sites excluding steroid dienone is 2. The van der Waals surface area contributed by atoms with Gasteiger partial charge in [0, 0.05) is 34.1 Å². The monoisotopic (exact) mass is 913 g/mol. The van der Waals surface area contributed by atoms with E-state index in [2.05, 4.69) is 257 Å². The van der Waals surface area contributed by atoms with Crippen LogP contribution in [0.1, 0.15) is 11.1 Å². The molecule has 0 fully saturated rings. The van der Waals surface area contributed by atoms with Gasteiger partial charge >= 0.3 is 5.97 Å². The number of nitrogens with zero attached hydrogens (tertiary/aromatic N) is 3. The summed E-state index contributed by atoms with van der Waals surface area (Å²) < 4.78 is 0. The zero-order valence-corrected chi connectivity index (χ0v) is 38.8. The molecule has 71 heavy (non-hydrogen) atoms. The van der Waals surface area contributed by atoms with Crippen molar-refractivity contribution >= 4 is 45.7 Å². The number of anilines is 6. The van der Waals surface area contributed by atoms with E-state index < -0.39 is 5.97 Å². The third kappa shape index (κ3) is 10.2. The molecule has 0 saturated carbocycles. The largest absolute Gasteiger partial charge is 0.486 e. The molecule has 338 valence electrons. The molecule has 0 saturated heterocycles. The second-order valence-corrected chi connectivity index (χ2v) is 17.0. The first-order valence-electron chi connectivity index (χ1n) is 23.4. The maximum Gasteiger partial charge on any atom is 0.333 e. The van der Waals surface area contributed by atoms with Gasteiger partial charge in [0.25, 0.3) is 5.70 Å². The Morgan fingerprint density at radius 1 is 0.324 bits per heavy atom. The third-order valence-electron chi connectivity index (χ3n) is 12.6. The Hall–Kier alpha value is -9.76. The number of carbonyl (C=O) groups is 1. The zero-order valence-electron chi connectivity index (χ0n) is 38.8. The molecule has 5 nitrogen and oxygen atoms in total. The van der Waals surface area contributed by atoms with Crippen LogP contribution >= 0.6 is 0 Å². The van der Waals surface area contributed by atoms with Crippen LogP contribution in [0, 0.1) is 6.57 Å². The fourth-order valence-corrected chi connectivity index (χ4v) is 8.89. The quantitative estimate of drug-likeness (QED) is 0.0671. The average Bonchev–Trinajstić information content (AvgIpc) is 3.44. The Bertz CT molecular complexity index is 3100. The van der Waals surface area contributed by atoms with Gasteiger partial charge in [-0.1, -0.05) is 200 Å². The number of rotatable bonds is 14. The van der Waals surface area contributed by atoms with Crippen molar-refractivity contribution in [3.8, 4) is 44.5 Å². The van der Waals surface area contributed by atoms with Gasteiger partial charge in [-0.05, 0) is 140 Å². The lowest BCUT2D eigenvalue weighted by molar-refractivity contribution is -0.132. The molecule has 5 heteroatoms. The van der Waals surface area contributed by atoms with Crippen LogP contribution in [0.5, 0.6) is 0 Å². The number of carboxylic acids is 1. The molecule has 10 rings (SSSR count). The van der Waals surface area contributed by atoms with Crippen LogP contribution in [-0.4, -0.2) is 11.1 Å². The van der Waals surface area contributed by atoms with Crippen LogP contribution in [0.25, 0.3) is 54.9 Å². The van der Waals surface area contributed by atoms with Crippen molar-refractivity contribution in [2.45, 2.75) is 0 Å². The van der Waals surface area contributed by atoms with E-state index in [1.807, 2.05) is 24.3 Å². The Morgan fingerprint density at radius 2 is 0.549 bits per heavy atom. The van der Waals surface area contributed by atoms with Gasteiger partial charge in [-0.2, -0.15) is 0 Å². The summed E-state index contributed by atoms with van der Waals surface area (Å²) in [6.07, 6.45) is 3.12. The van der Waals surface area contributed by atoms with E-state index in [-0.39, 0.29) is 5.70 Å². The van der Waals surface area contributed by atoms with Crippen molar-refractivity contribution in [1.29, 1.82) is 0 Å². The number of hydrogen-bond acceptors (Lipinski definition) is 3. The Kier molecular flexibility index (Phi) is 13.3. The van der Waals surface area contributed by atoms with Crippen LogP contribution in [-0.2, 0) is 4.79 Å². The molecule has 0 aliphatic heterocycles. The van der Waals surface area contributed by atoms with Gasteiger partial charge in [-0.15, -0.1) is 0 Å². The standard InChI is InChI=1S/C66H47N3O2/c1-67-65(66(70)71)47-46-64(56-30-42-62(43-31-56)68(58-34-22-52(23-35-58)48-14-6-2-7-15-48)59-36-24-53(25-37-59)49-16-8-3-9-17-49)57-32-44-63(45-33-57)69(60-38-26-54(27-39-60)50-18-10-4-11-19-50)61-40-28-55(29-41-61)51-20-12-5-13-21-51/h2-47H,(H,70,71)/b65-47-. The molecular weight excluding hydrogens is 867 g/mol. The van der Waals surface area contributed by atoms with Gasteiger partial charge in [0.1, 0.15) is 0 Å². The van der Waals surface area contributed by atoms with E-state index in [0.29, 0.717) is 0 Å². The lowest BCUT2D eigenvalue weighted by Crippen LogP contribution is -2.10. The molecule has 0 aliphatic rings. The molecular formula is C66H47N3O2. The number of hydrogen-bond donors (Lipinski definition) is 1. The van der Waals surface area contributed by atoms with Gasteiger partial charge in [0.15, 0.2) is 0 Å². The third-order valence-corrected chi connectivity index (χ3v) is 12.6. The van der Waals surface area contributed by atoms with Crippen molar-refractivity contribution < 1.29 is 9.90 Å². The molecule has 10 aromatic carbocycles. The molecule has 0 atom stereocenters. The molecule has 1 N–H and O–H groups in total. The molecule has 0 spiro atoms. The van der Waals surface area contributed by atoms with Gasteiger partial charge in [-0.25, -0.2) is 4.85 Å². The molecule has 0 amide bonds. The predicted octanol–water partition coefficient (Wildman–Crippen LogP) is 17.6.